The van der Waals surface area contributed by atoms with Crippen LogP contribution in [0.1, 0.15) is 30.1 Å². The first-order chi connectivity index (χ1) is 15.1. The van der Waals surface area contributed by atoms with Gasteiger partial charge in [-0.15, -0.1) is 0 Å². The van der Waals surface area contributed by atoms with Gasteiger partial charge in [-0.05, 0) is 42.7 Å². The first kappa shape index (κ1) is 19.2. The Balaban J connectivity index is 1.56. The monoisotopic (exact) mass is 410 g/mol. The van der Waals surface area contributed by atoms with Crippen molar-refractivity contribution < 1.29 is 14.3 Å². The summed E-state index contributed by atoms with van der Waals surface area (Å²) in [5.41, 5.74) is 2.74. The van der Waals surface area contributed by atoms with E-state index in [1.807, 2.05) is 54.6 Å². The largest absolute Gasteiger partial charge is 0.449 e. The molecule has 1 N–H and O–H groups in total. The molecule has 4 aromatic rings. The number of aromatic nitrogens is 1. The van der Waals surface area contributed by atoms with Gasteiger partial charge in [0, 0.05) is 17.0 Å². The first-order valence-corrected chi connectivity index (χ1v) is 10.5. The number of carbonyl (C=O) groups is 2. The van der Waals surface area contributed by atoms with Gasteiger partial charge in [0.25, 0.3) is 5.91 Å². The summed E-state index contributed by atoms with van der Waals surface area (Å²) < 4.78 is 5.53. The number of amides is 1. The number of hydrogen-bond acceptors (Lipinski definition) is 4. The quantitative estimate of drug-likeness (QED) is 0.476. The van der Waals surface area contributed by atoms with Gasteiger partial charge in [0.1, 0.15) is 0 Å². The van der Waals surface area contributed by atoms with Crippen LogP contribution in [0.4, 0.5) is 0 Å². The zero-order valence-corrected chi connectivity index (χ0v) is 17.2. The molecule has 5 heteroatoms. The Bertz CT molecular complexity index is 1310. The molecule has 0 bridgehead atoms. The van der Waals surface area contributed by atoms with Crippen LogP contribution < -0.4 is 5.32 Å². The van der Waals surface area contributed by atoms with Crippen LogP contribution in [-0.4, -0.2) is 29.0 Å². The molecule has 1 heterocycles. The van der Waals surface area contributed by atoms with Gasteiger partial charge in [-0.3, -0.25) is 4.79 Å². The second-order valence-corrected chi connectivity index (χ2v) is 7.93. The number of ether oxygens (including phenoxy) is 1. The number of para-hydroxylation sites is 1. The van der Waals surface area contributed by atoms with E-state index in [1.54, 1.807) is 13.0 Å². The van der Waals surface area contributed by atoms with E-state index in [9.17, 15) is 9.59 Å². The molecule has 1 aromatic heterocycles. The highest BCUT2D eigenvalue weighted by Crippen LogP contribution is 2.31. The Labute approximate surface area is 180 Å². The number of nitrogens with zero attached hydrogens (tertiary/aromatic N) is 1. The van der Waals surface area contributed by atoms with Gasteiger partial charge in [0.2, 0.25) is 0 Å². The predicted molar refractivity (Wildman–Crippen MR) is 121 cm³/mol. The lowest BCUT2D eigenvalue weighted by molar-refractivity contribution is -0.129. The Kier molecular flexibility index (Phi) is 4.86. The molecule has 0 aliphatic heterocycles. The van der Waals surface area contributed by atoms with Crippen molar-refractivity contribution in [1.29, 1.82) is 0 Å². The molecule has 1 aliphatic carbocycles. The molecule has 1 atom stereocenters. The number of rotatable bonds is 5. The van der Waals surface area contributed by atoms with Crippen LogP contribution in [0.5, 0.6) is 0 Å². The van der Waals surface area contributed by atoms with Crippen molar-refractivity contribution in [3.63, 3.8) is 0 Å². The van der Waals surface area contributed by atoms with Gasteiger partial charge in [-0.2, -0.15) is 0 Å². The fraction of sp³-hybridized carbons (Fsp3) is 0.192. The molecule has 3 aromatic carbocycles. The fourth-order valence-corrected chi connectivity index (χ4v) is 3.75. The highest BCUT2D eigenvalue weighted by Gasteiger charge is 2.28. The molecule has 1 fully saturated rings. The molecule has 1 saturated carbocycles. The highest BCUT2D eigenvalue weighted by molar-refractivity contribution is 6.06. The van der Waals surface area contributed by atoms with Crippen molar-refractivity contribution in [1.82, 2.24) is 10.3 Å². The molecule has 154 valence electrons. The van der Waals surface area contributed by atoms with E-state index in [0.29, 0.717) is 22.2 Å². The predicted octanol–water partition coefficient (Wildman–Crippen LogP) is 4.88. The number of esters is 1. The average Bonchev–Trinajstić information content (AvgIpc) is 3.61. The summed E-state index contributed by atoms with van der Waals surface area (Å²) in [6.07, 6.45) is 1.10. The number of pyridine rings is 1. The number of nitrogens with one attached hydrogen (secondary N) is 1. The molecular formula is C26H22N2O3. The van der Waals surface area contributed by atoms with Gasteiger partial charge < -0.3 is 10.1 Å². The third-order valence-electron chi connectivity index (χ3n) is 5.58. The van der Waals surface area contributed by atoms with Gasteiger partial charge in [0.15, 0.2) is 6.10 Å². The average molecular weight is 410 g/mol. The van der Waals surface area contributed by atoms with Gasteiger partial charge in [0.05, 0.1) is 16.8 Å². The Morgan fingerprint density at radius 1 is 0.968 bits per heavy atom. The summed E-state index contributed by atoms with van der Waals surface area (Å²) in [5.74, 6) is -0.790. The van der Waals surface area contributed by atoms with Gasteiger partial charge in [-0.25, -0.2) is 9.78 Å². The Morgan fingerprint density at radius 2 is 1.68 bits per heavy atom. The van der Waals surface area contributed by atoms with E-state index in [-0.39, 0.29) is 11.9 Å². The first-order valence-electron chi connectivity index (χ1n) is 10.5. The van der Waals surface area contributed by atoms with E-state index in [2.05, 4.69) is 17.4 Å². The SMILES string of the molecule is C[C@H](OC(=O)c1cc(-c2cccc3ccccc23)nc2ccccc12)C(=O)NC1CC1. The Morgan fingerprint density at radius 3 is 2.48 bits per heavy atom. The number of hydrogen-bond donors (Lipinski definition) is 1. The maximum absolute atomic E-state index is 13.1. The van der Waals surface area contributed by atoms with Crippen LogP contribution >= 0.6 is 0 Å². The molecule has 1 aliphatic rings. The second kappa shape index (κ2) is 7.84. The molecule has 0 radical (unpaired) electrons. The maximum Gasteiger partial charge on any atom is 0.339 e. The lowest BCUT2D eigenvalue weighted by Crippen LogP contribution is -2.37. The van der Waals surface area contributed by atoms with Crippen molar-refractivity contribution in [2.24, 2.45) is 0 Å². The van der Waals surface area contributed by atoms with Crippen molar-refractivity contribution in [3.05, 3.63) is 78.4 Å². The van der Waals surface area contributed by atoms with E-state index in [1.165, 1.54) is 0 Å². The molecule has 0 spiro atoms. The number of fused-ring (bicyclic) bond motifs is 2. The topological polar surface area (TPSA) is 68.3 Å². The third kappa shape index (κ3) is 3.87. The van der Waals surface area contributed by atoms with Crippen LogP contribution in [0.25, 0.3) is 32.9 Å². The zero-order chi connectivity index (χ0) is 21.4. The summed E-state index contributed by atoms with van der Waals surface area (Å²) >= 11 is 0. The van der Waals surface area contributed by atoms with E-state index >= 15 is 0 Å². The summed E-state index contributed by atoms with van der Waals surface area (Å²) in [7, 11) is 0. The van der Waals surface area contributed by atoms with Crippen molar-refractivity contribution in [3.8, 4) is 11.3 Å². The minimum atomic E-state index is -0.860. The van der Waals surface area contributed by atoms with Gasteiger partial charge >= 0.3 is 5.97 Å². The molecule has 1 amide bonds. The van der Waals surface area contributed by atoms with E-state index in [4.69, 9.17) is 9.72 Å². The Hall–Kier alpha value is -3.73. The van der Waals surface area contributed by atoms with Crippen LogP contribution in [0, 0.1) is 0 Å². The molecule has 0 unspecified atom stereocenters. The van der Waals surface area contributed by atoms with Crippen molar-refractivity contribution in [2.75, 3.05) is 0 Å². The van der Waals surface area contributed by atoms with E-state index in [0.717, 1.165) is 29.2 Å². The summed E-state index contributed by atoms with van der Waals surface area (Å²) in [6, 6.07) is 23.6. The minimum absolute atomic E-state index is 0.216. The third-order valence-corrected chi connectivity index (χ3v) is 5.58. The second-order valence-electron chi connectivity index (χ2n) is 7.93. The maximum atomic E-state index is 13.1. The molecule has 0 saturated heterocycles. The van der Waals surface area contributed by atoms with E-state index < -0.39 is 12.1 Å². The zero-order valence-electron chi connectivity index (χ0n) is 17.2. The number of benzene rings is 3. The summed E-state index contributed by atoms with van der Waals surface area (Å²) in [4.78, 5) is 30.2. The number of carbonyl (C=O) groups excluding carboxylic acids is 2. The molecule has 31 heavy (non-hydrogen) atoms. The van der Waals surface area contributed by atoms with Crippen LogP contribution in [-0.2, 0) is 9.53 Å². The fourth-order valence-electron chi connectivity index (χ4n) is 3.75. The molecular weight excluding hydrogens is 388 g/mol. The lowest BCUT2D eigenvalue weighted by atomic mass is 9.99. The standard InChI is InChI=1S/C26H22N2O3/c1-16(25(29)27-18-13-14-18)31-26(30)22-15-24(28-23-12-5-4-10-21(22)23)20-11-6-8-17-7-2-3-9-19(17)20/h2-12,15-16,18H,13-14H2,1H3,(H,27,29)/t16-/m0/s1. The smallest absolute Gasteiger partial charge is 0.339 e. The van der Waals surface area contributed by atoms with Crippen LogP contribution in [0.2, 0.25) is 0 Å². The van der Waals surface area contributed by atoms with Crippen molar-refractivity contribution >= 4 is 33.6 Å². The van der Waals surface area contributed by atoms with Crippen molar-refractivity contribution in [2.45, 2.75) is 31.9 Å². The summed E-state index contributed by atoms with van der Waals surface area (Å²) in [5, 5.41) is 5.74. The molecule has 5 rings (SSSR count). The van der Waals surface area contributed by atoms with Gasteiger partial charge in [-0.1, -0.05) is 60.7 Å². The van der Waals surface area contributed by atoms with Crippen LogP contribution in [0.3, 0.4) is 0 Å². The summed E-state index contributed by atoms with van der Waals surface area (Å²) in [6.45, 7) is 1.60. The lowest BCUT2D eigenvalue weighted by Gasteiger charge is -2.15. The molecule has 5 nitrogen and oxygen atoms in total. The van der Waals surface area contributed by atoms with Crippen LogP contribution in [0.15, 0.2) is 72.8 Å². The minimum Gasteiger partial charge on any atom is -0.449 e. The highest BCUT2D eigenvalue weighted by atomic mass is 16.5. The normalized spacial score (nSPS) is 14.4.